The maximum Gasteiger partial charge on any atom is 0.241 e. The summed E-state index contributed by atoms with van der Waals surface area (Å²) in [6.07, 6.45) is 0.784. The number of hydrogen-bond donors (Lipinski definition) is 1. The van der Waals surface area contributed by atoms with Gasteiger partial charge in [-0.2, -0.15) is 0 Å². The minimum Gasteiger partial charge on any atom is -0.325 e. The minimum atomic E-state index is -0.101. The van der Waals surface area contributed by atoms with Crippen LogP contribution in [0.25, 0.3) is 0 Å². The summed E-state index contributed by atoms with van der Waals surface area (Å²) in [5.74, 6) is 0.00909. The Morgan fingerprint density at radius 1 is 1.38 bits per heavy atom. The normalized spacial score (nSPS) is 12.6. The van der Waals surface area contributed by atoms with Crippen LogP contribution in [0.3, 0.4) is 0 Å². The van der Waals surface area contributed by atoms with Crippen LogP contribution in [0, 0.1) is 0 Å². The number of halogens is 1. The number of nitrogens with zero attached hydrogens (tertiary/aromatic N) is 1. The molecule has 0 aliphatic heterocycles. The first kappa shape index (κ1) is 13.0. The van der Waals surface area contributed by atoms with Gasteiger partial charge in [0.05, 0.1) is 6.04 Å². The Labute approximate surface area is 101 Å². The first-order valence-corrected chi connectivity index (χ1v) is 5.65. The SMILES string of the molecule is CC[C@@H](C(=O)Nc1ccc(Cl)cc1)N(C)C. The van der Waals surface area contributed by atoms with E-state index in [-0.39, 0.29) is 11.9 Å². The van der Waals surface area contributed by atoms with Crippen LogP contribution in [0.1, 0.15) is 13.3 Å². The van der Waals surface area contributed by atoms with Crippen LogP contribution in [-0.2, 0) is 4.79 Å². The molecule has 0 saturated carbocycles. The van der Waals surface area contributed by atoms with Gasteiger partial charge in [-0.05, 0) is 44.8 Å². The van der Waals surface area contributed by atoms with Gasteiger partial charge in [0.15, 0.2) is 0 Å². The third-order valence-electron chi connectivity index (χ3n) is 2.42. The highest BCUT2D eigenvalue weighted by molar-refractivity contribution is 6.30. The van der Waals surface area contributed by atoms with Gasteiger partial charge in [0.2, 0.25) is 5.91 Å². The third kappa shape index (κ3) is 3.51. The standard InChI is InChI=1S/C12H17ClN2O/c1-4-11(15(2)3)12(16)14-10-7-5-9(13)6-8-10/h5-8,11H,4H2,1-3H3,(H,14,16)/t11-/m0/s1. The fourth-order valence-corrected chi connectivity index (χ4v) is 1.67. The van der Waals surface area contributed by atoms with E-state index in [0.717, 1.165) is 12.1 Å². The Morgan fingerprint density at radius 2 is 1.94 bits per heavy atom. The van der Waals surface area contributed by atoms with Gasteiger partial charge in [0.1, 0.15) is 0 Å². The number of carbonyl (C=O) groups is 1. The fraction of sp³-hybridized carbons (Fsp3) is 0.417. The van der Waals surface area contributed by atoms with Crippen LogP contribution in [0.15, 0.2) is 24.3 Å². The van der Waals surface area contributed by atoms with Crippen molar-refractivity contribution in [1.82, 2.24) is 4.90 Å². The maximum absolute atomic E-state index is 11.9. The van der Waals surface area contributed by atoms with Gasteiger partial charge < -0.3 is 5.32 Å². The molecule has 1 rings (SSSR count). The Morgan fingerprint density at radius 3 is 2.38 bits per heavy atom. The molecule has 0 radical (unpaired) electrons. The van der Waals surface area contributed by atoms with Crippen molar-refractivity contribution in [3.63, 3.8) is 0 Å². The zero-order valence-electron chi connectivity index (χ0n) is 9.83. The fourth-order valence-electron chi connectivity index (χ4n) is 1.54. The first-order valence-electron chi connectivity index (χ1n) is 5.27. The van der Waals surface area contributed by atoms with Crippen molar-refractivity contribution >= 4 is 23.2 Å². The molecule has 3 nitrogen and oxygen atoms in total. The number of anilines is 1. The second-order valence-electron chi connectivity index (χ2n) is 3.88. The lowest BCUT2D eigenvalue weighted by molar-refractivity contribution is -0.120. The highest BCUT2D eigenvalue weighted by atomic mass is 35.5. The predicted octanol–water partition coefficient (Wildman–Crippen LogP) is 2.62. The van der Waals surface area contributed by atoms with Crippen LogP contribution >= 0.6 is 11.6 Å². The third-order valence-corrected chi connectivity index (χ3v) is 2.68. The van der Waals surface area contributed by atoms with E-state index in [1.165, 1.54) is 0 Å². The Bertz CT molecular complexity index is 349. The molecule has 16 heavy (non-hydrogen) atoms. The van der Waals surface area contributed by atoms with Crippen molar-refractivity contribution < 1.29 is 4.79 Å². The summed E-state index contributed by atoms with van der Waals surface area (Å²) in [7, 11) is 3.80. The average molecular weight is 241 g/mol. The lowest BCUT2D eigenvalue weighted by Crippen LogP contribution is -2.39. The summed E-state index contributed by atoms with van der Waals surface area (Å²) >= 11 is 5.77. The lowest BCUT2D eigenvalue weighted by atomic mass is 10.2. The highest BCUT2D eigenvalue weighted by Gasteiger charge is 2.18. The summed E-state index contributed by atoms with van der Waals surface area (Å²) in [4.78, 5) is 13.8. The van der Waals surface area contributed by atoms with Crippen molar-refractivity contribution in [3.05, 3.63) is 29.3 Å². The lowest BCUT2D eigenvalue weighted by Gasteiger charge is -2.21. The van der Waals surface area contributed by atoms with Gasteiger partial charge >= 0.3 is 0 Å². The number of carbonyl (C=O) groups excluding carboxylic acids is 1. The predicted molar refractivity (Wildman–Crippen MR) is 67.8 cm³/mol. The molecule has 1 aromatic rings. The molecule has 1 amide bonds. The maximum atomic E-state index is 11.9. The minimum absolute atomic E-state index is 0.00909. The number of rotatable bonds is 4. The van der Waals surface area contributed by atoms with Crippen molar-refractivity contribution in [1.29, 1.82) is 0 Å². The molecule has 0 bridgehead atoms. The first-order chi connectivity index (χ1) is 7.54. The van der Waals surface area contributed by atoms with Gasteiger partial charge in [0, 0.05) is 10.7 Å². The molecule has 4 heteroatoms. The number of likely N-dealkylation sites (N-methyl/N-ethyl adjacent to an activating group) is 1. The second-order valence-corrected chi connectivity index (χ2v) is 4.32. The quantitative estimate of drug-likeness (QED) is 0.878. The average Bonchev–Trinajstić information content (AvgIpc) is 2.22. The molecule has 0 spiro atoms. The van der Waals surface area contributed by atoms with Crippen molar-refractivity contribution in [3.8, 4) is 0 Å². The van der Waals surface area contributed by atoms with E-state index in [2.05, 4.69) is 5.32 Å². The van der Waals surface area contributed by atoms with Gasteiger partial charge in [0.25, 0.3) is 0 Å². The van der Waals surface area contributed by atoms with Crippen molar-refractivity contribution in [2.24, 2.45) is 0 Å². The molecule has 1 aromatic carbocycles. The highest BCUT2D eigenvalue weighted by Crippen LogP contribution is 2.14. The second kappa shape index (κ2) is 5.87. The van der Waals surface area contributed by atoms with E-state index in [9.17, 15) is 4.79 Å². The van der Waals surface area contributed by atoms with Gasteiger partial charge in [-0.25, -0.2) is 0 Å². The molecule has 0 unspecified atom stereocenters. The zero-order valence-corrected chi connectivity index (χ0v) is 10.6. The molecular weight excluding hydrogens is 224 g/mol. The summed E-state index contributed by atoms with van der Waals surface area (Å²) < 4.78 is 0. The number of nitrogens with one attached hydrogen (secondary N) is 1. The molecule has 0 aromatic heterocycles. The summed E-state index contributed by atoms with van der Waals surface area (Å²) in [6.45, 7) is 1.99. The Kier molecular flexibility index (Phi) is 4.77. The molecule has 1 atom stereocenters. The van der Waals surface area contributed by atoms with Crippen LogP contribution in [-0.4, -0.2) is 30.9 Å². The van der Waals surface area contributed by atoms with Crippen molar-refractivity contribution in [2.45, 2.75) is 19.4 Å². The molecule has 0 fully saturated rings. The van der Waals surface area contributed by atoms with Crippen LogP contribution in [0.4, 0.5) is 5.69 Å². The van der Waals surface area contributed by atoms with Gasteiger partial charge in [-0.1, -0.05) is 18.5 Å². The van der Waals surface area contributed by atoms with Gasteiger partial charge in [-0.3, -0.25) is 9.69 Å². The number of benzene rings is 1. The molecule has 0 saturated heterocycles. The van der Waals surface area contributed by atoms with E-state index in [1.807, 2.05) is 25.9 Å². The number of hydrogen-bond acceptors (Lipinski definition) is 2. The van der Waals surface area contributed by atoms with E-state index in [4.69, 9.17) is 11.6 Å². The monoisotopic (exact) mass is 240 g/mol. The van der Waals surface area contributed by atoms with E-state index in [0.29, 0.717) is 5.02 Å². The summed E-state index contributed by atoms with van der Waals surface area (Å²) in [6, 6.07) is 7.00. The topological polar surface area (TPSA) is 32.3 Å². The Hall–Kier alpha value is -1.06. The van der Waals surface area contributed by atoms with Crippen LogP contribution in [0.5, 0.6) is 0 Å². The van der Waals surface area contributed by atoms with E-state index < -0.39 is 0 Å². The van der Waals surface area contributed by atoms with E-state index in [1.54, 1.807) is 24.3 Å². The molecule has 0 aliphatic carbocycles. The molecule has 0 heterocycles. The number of amides is 1. The van der Waals surface area contributed by atoms with Crippen LogP contribution < -0.4 is 5.32 Å². The van der Waals surface area contributed by atoms with Crippen molar-refractivity contribution in [2.75, 3.05) is 19.4 Å². The molecule has 1 N–H and O–H groups in total. The Balaban J connectivity index is 2.66. The zero-order chi connectivity index (χ0) is 12.1. The smallest absolute Gasteiger partial charge is 0.241 e. The van der Waals surface area contributed by atoms with Crippen LogP contribution in [0.2, 0.25) is 5.02 Å². The molecular formula is C12H17ClN2O. The summed E-state index contributed by atoms with van der Waals surface area (Å²) in [5, 5.41) is 3.53. The molecule has 0 aliphatic rings. The molecule has 88 valence electrons. The summed E-state index contributed by atoms with van der Waals surface area (Å²) in [5.41, 5.74) is 0.773. The van der Waals surface area contributed by atoms with Gasteiger partial charge in [-0.15, -0.1) is 0 Å². The largest absolute Gasteiger partial charge is 0.325 e. The van der Waals surface area contributed by atoms with E-state index >= 15 is 0 Å².